The fourth-order valence-electron chi connectivity index (χ4n) is 7.52. The van der Waals surface area contributed by atoms with Gasteiger partial charge in [0.25, 0.3) is 5.91 Å². The number of fused-ring (bicyclic) bond motifs is 3. The van der Waals surface area contributed by atoms with Gasteiger partial charge in [-0.1, -0.05) is 12.2 Å². The molecule has 2 N–H and O–H groups in total. The van der Waals surface area contributed by atoms with Crippen LogP contribution in [-0.4, -0.2) is 85.7 Å². The van der Waals surface area contributed by atoms with E-state index in [0.29, 0.717) is 53.5 Å². The standard InChI is InChI=1S/C38H45N5O8S/c1-22-31(50-4)17-16-28-32(22)39-33(23-10-12-25(49-3)13-11-23)40-35(28)51-26-19-29-30(20-26)36(45)43(2)18-8-6-5-7-9-24-21-38(24,41-34(29)44)37(46)42-52(47,48)27-14-15-27/h7,9-13,16-17,24,26-27,29-30H,5-6,8,14-15,18-21H2,1-4H3,(H,41,44)(H,42,46). The van der Waals surface area contributed by atoms with Crippen molar-refractivity contribution in [1.29, 1.82) is 0 Å². The number of allylic oxidation sites excluding steroid dienone is 1. The zero-order valence-corrected chi connectivity index (χ0v) is 30.7. The number of aryl methyl sites for hydroxylation is 1. The van der Waals surface area contributed by atoms with Gasteiger partial charge in [0, 0.05) is 30.6 Å². The Labute approximate surface area is 303 Å². The summed E-state index contributed by atoms with van der Waals surface area (Å²) in [4.78, 5) is 53.3. The molecule has 3 amide bonds. The zero-order chi connectivity index (χ0) is 36.8. The van der Waals surface area contributed by atoms with Crippen LogP contribution in [-0.2, 0) is 24.4 Å². The van der Waals surface area contributed by atoms with Crippen LogP contribution in [0.4, 0.5) is 0 Å². The highest BCUT2D eigenvalue weighted by molar-refractivity contribution is 7.91. The number of benzene rings is 2. The zero-order valence-electron chi connectivity index (χ0n) is 29.9. The van der Waals surface area contributed by atoms with Gasteiger partial charge in [-0.2, -0.15) is 4.98 Å². The molecule has 0 radical (unpaired) electrons. The highest BCUT2D eigenvalue weighted by Gasteiger charge is 2.62. The summed E-state index contributed by atoms with van der Waals surface area (Å²) in [5.74, 6) is -1.21. The SMILES string of the molecule is COc1ccc(-c2nc(OC3CC4C(=O)NC5(C(=O)NS(=O)(=O)C6CC6)CC5C=CCCCCN(C)C(=O)C4C3)c3ccc(OC)c(C)c3n2)cc1. The van der Waals surface area contributed by atoms with Gasteiger partial charge in [0.15, 0.2) is 5.82 Å². The number of carbonyl (C=O) groups excluding carboxylic acids is 3. The molecule has 5 unspecified atom stereocenters. The smallest absolute Gasteiger partial charge is 0.259 e. The van der Waals surface area contributed by atoms with Crippen LogP contribution in [0.2, 0.25) is 0 Å². The fraction of sp³-hybridized carbons (Fsp3) is 0.500. The van der Waals surface area contributed by atoms with E-state index in [1.54, 1.807) is 26.2 Å². The summed E-state index contributed by atoms with van der Waals surface area (Å²) in [5.41, 5.74) is 0.774. The van der Waals surface area contributed by atoms with E-state index in [1.807, 2.05) is 55.5 Å². The number of sulfonamides is 1. The van der Waals surface area contributed by atoms with Gasteiger partial charge < -0.3 is 24.4 Å². The molecule has 3 aromatic rings. The molecule has 276 valence electrons. The molecular weight excluding hydrogens is 687 g/mol. The van der Waals surface area contributed by atoms with Crippen LogP contribution in [0.1, 0.15) is 56.9 Å². The number of ether oxygens (including phenoxy) is 3. The van der Waals surface area contributed by atoms with Crippen LogP contribution in [0.15, 0.2) is 48.6 Å². The van der Waals surface area contributed by atoms with Crippen molar-refractivity contribution in [2.45, 2.75) is 75.2 Å². The molecule has 3 saturated carbocycles. The molecule has 3 fully saturated rings. The molecule has 3 aliphatic carbocycles. The number of hydrogen-bond donors (Lipinski definition) is 2. The molecule has 2 aromatic carbocycles. The lowest BCUT2D eigenvalue weighted by atomic mass is 9.93. The normalized spacial score (nSPS) is 26.5. The molecule has 2 heterocycles. The molecule has 7 rings (SSSR count). The van der Waals surface area contributed by atoms with E-state index in [4.69, 9.17) is 24.2 Å². The lowest BCUT2D eigenvalue weighted by molar-refractivity contribution is -0.140. The minimum Gasteiger partial charge on any atom is -0.497 e. The van der Waals surface area contributed by atoms with Crippen molar-refractivity contribution in [3.8, 4) is 28.8 Å². The molecule has 0 bridgehead atoms. The Bertz CT molecular complexity index is 2030. The molecule has 5 atom stereocenters. The number of rotatable bonds is 8. The first-order valence-corrected chi connectivity index (χ1v) is 19.4. The van der Waals surface area contributed by atoms with Gasteiger partial charge in [-0.3, -0.25) is 19.1 Å². The Morgan fingerprint density at radius 1 is 1.00 bits per heavy atom. The van der Waals surface area contributed by atoms with Gasteiger partial charge in [0.2, 0.25) is 27.7 Å². The van der Waals surface area contributed by atoms with Crippen molar-refractivity contribution in [2.75, 3.05) is 27.8 Å². The fourth-order valence-corrected chi connectivity index (χ4v) is 8.88. The van der Waals surface area contributed by atoms with E-state index >= 15 is 0 Å². The average Bonchev–Trinajstić information content (AvgIpc) is 4.06. The van der Waals surface area contributed by atoms with Crippen molar-refractivity contribution in [3.05, 3.63) is 54.1 Å². The first kappa shape index (κ1) is 35.7. The van der Waals surface area contributed by atoms with Crippen LogP contribution in [0, 0.1) is 24.7 Å². The molecule has 13 nitrogen and oxygen atoms in total. The topological polar surface area (TPSA) is 166 Å². The molecular formula is C38H45N5O8S. The number of methoxy groups -OCH3 is 2. The molecule has 4 aliphatic rings. The number of hydrogen-bond acceptors (Lipinski definition) is 10. The molecule has 1 aromatic heterocycles. The molecule has 1 aliphatic heterocycles. The van der Waals surface area contributed by atoms with Crippen LogP contribution < -0.4 is 24.2 Å². The summed E-state index contributed by atoms with van der Waals surface area (Å²) in [7, 11) is 1.10. The molecule has 52 heavy (non-hydrogen) atoms. The van der Waals surface area contributed by atoms with E-state index < -0.39 is 50.6 Å². The number of carbonyl (C=O) groups is 3. The Morgan fingerprint density at radius 3 is 2.46 bits per heavy atom. The first-order valence-electron chi connectivity index (χ1n) is 17.9. The molecule has 0 saturated heterocycles. The molecule has 14 heteroatoms. The second-order valence-electron chi connectivity index (χ2n) is 14.4. The van der Waals surface area contributed by atoms with Gasteiger partial charge in [-0.05, 0) is 94.7 Å². The lowest BCUT2D eigenvalue weighted by Crippen LogP contribution is -2.54. The highest BCUT2D eigenvalue weighted by atomic mass is 32.2. The Hall–Kier alpha value is -4.72. The van der Waals surface area contributed by atoms with Crippen molar-refractivity contribution in [3.63, 3.8) is 0 Å². The van der Waals surface area contributed by atoms with E-state index in [-0.39, 0.29) is 31.1 Å². The predicted octanol–water partition coefficient (Wildman–Crippen LogP) is 4.08. The first-order chi connectivity index (χ1) is 24.9. The number of amides is 3. The van der Waals surface area contributed by atoms with E-state index in [0.717, 1.165) is 30.4 Å². The second-order valence-corrected chi connectivity index (χ2v) is 16.4. The predicted molar refractivity (Wildman–Crippen MR) is 193 cm³/mol. The minimum absolute atomic E-state index is 0.173. The monoisotopic (exact) mass is 731 g/mol. The summed E-state index contributed by atoms with van der Waals surface area (Å²) < 4.78 is 45.4. The third-order valence-corrected chi connectivity index (χ3v) is 12.7. The Kier molecular flexibility index (Phi) is 9.62. The Morgan fingerprint density at radius 2 is 1.75 bits per heavy atom. The maximum atomic E-state index is 14.3. The third kappa shape index (κ3) is 6.92. The summed E-state index contributed by atoms with van der Waals surface area (Å²) in [6.45, 7) is 2.45. The third-order valence-electron chi connectivity index (χ3n) is 10.9. The largest absolute Gasteiger partial charge is 0.497 e. The lowest BCUT2D eigenvalue weighted by Gasteiger charge is -2.26. The van der Waals surface area contributed by atoms with Gasteiger partial charge in [0.1, 0.15) is 23.1 Å². The highest BCUT2D eigenvalue weighted by Crippen LogP contribution is 2.47. The number of nitrogens with zero attached hydrogens (tertiary/aromatic N) is 3. The van der Waals surface area contributed by atoms with Crippen molar-refractivity contribution >= 4 is 38.6 Å². The van der Waals surface area contributed by atoms with Gasteiger partial charge in [-0.15, -0.1) is 0 Å². The maximum absolute atomic E-state index is 14.3. The van der Waals surface area contributed by atoms with Crippen LogP contribution >= 0.6 is 0 Å². The molecule has 0 spiro atoms. The number of aromatic nitrogens is 2. The minimum atomic E-state index is -3.84. The van der Waals surface area contributed by atoms with Crippen molar-refractivity contribution < 1.29 is 37.0 Å². The van der Waals surface area contributed by atoms with Crippen LogP contribution in [0.25, 0.3) is 22.3 Å². The average molecular weight is 732 g/mol. The van der Waals surface area contributed by atoms with Crippen LogP contribution in [0.3, 0.4) is 0 Å². The van der Waals surface area contributed by atoms with E-state index in [1.165, 1.54) is 0 Å². The number of nitrogens with one attached hydrogen (secondary N) is 2. The summed E-state index contributed by atoms with van der Waals surface area (Å²) in [6.07, 6.45) is 7.36. The quantitative estimate of drug-likeness (QED) is 0.323. The van der Waals surface area contributed by atoms with E-state index in [2.05, 4.69) is 10.0 Å². The van der Waals surface area contributed by atoms with Gasteiger partial charge in [0.05, 0.1) is 42.2 Å². The van der Waals surface area contributed by atoms with Crippen molar-refractivity contribution in [1.82, 2.24) is 24.9 Å². The second kappa shape index (κ2) is 14.0. The maximum Gasteiger partial charge on any atom is 0.259 e. The summed E-state index contributed by atoms with van der Waals surface area (Å²) in [6, 6.07) is 11.0. The van der Waals surface area contributed by atoms with E-state index in [9.17, 15) is 22.8 Å². The summed E-state index contributed by atoms with van der Waals surface area (Å²) >= 11 is 0. The Balaban J connectivity index is 1.21. The van der Waals surface area contributed by atoms with Crippen molar-refractivity contribution in [2.24, 2.45) is 17.8 Å². The summed E-state index contributed by atoms with van der Waals surface area (Å²) in [5, 5.41) is 3.01. The van der Waals surface area contributed by atoms with Crippen LogP contribution in [0.5, 0.6) is 17.4 Å². The van der Waals surface area contributed by atoms with Gasteiger partial charge >= 0.3 is 0 Å². The van der Waals surface area contributed by atoms with Gasteiger partial charge in [-0.25, -0.2) is 13.4 Å².